The van der Waals surface area contributed by atoms with E-state index in [1.54, 1.807) is 6.08 Å². The van der Waals surface area contributed by atoms with E-state index in [4.69, 9.17) is 11.6 Å². The van der Waals surface area contributed by atoms with Crippen LogP contribution in [0.3, 0.4) is 0 Å². The van der Waals surface area contributed by atoms with Crippen molar-refractivity contribution in [2.24, 2.45) is 4.99 Å². The van der Waals surface area contributed by atoms with Crippen molar-refractivity contribution in [2.75, 3.05) is 0 Å². The van der Waals surface area contributed by atoms with Crippen LogP contribution < -0.4 is 5.32 Å². The number of thioether (sulfide) groups is 1. The minimum absolute atomic E-state index is 0.0547. The molecule has 8 heteroatoms. The summed E-state index contributed by atoms with van der Waals surface area (Å²) < 4.78 is 38.5. The lowest BCUT2D eigenvalue weighted by Crippen LogP contribution is -2.19. The molecule has 26 heavy (non-hydrogen) atoms. The second-order valence-corrected chi connectivity index (χ2v) is 6.99. The maximum Gasteiger partial charge on any atom is 0.416 e. The molecular weight excluding hydrogens is 385 g/mol. The number of amidine groups is 1. The predicted molar refractivity (Wildman–Crippen MR) is 98.4 cm³/mol. The lowest BCUT2D eigenvalue weighted by Gasteiger charge is -2.08. The first kappa shape index (κ1) is 18.5. The third-order valence-electron chi connectivity index (χ3n) is 3.52. The molecule has 1 heterocycles. The Kier molecular flexibility index (Phi) is 5.11. The van der Waals surface area contributed by atoms with Crippen LogP contribution in [0.15, 0.2) is 52.4 Å². The molecule has 0 radical (unpaired) electrons. The Hall–Kier alpha value is -2.25. The SMILES string of the molecule is Cc1ccc(/C=C2\SC(=Nc3cc(C(F)(F)F)ccc3Cl)NC2=O)cc1. The number of nitrogens with zero attached hydrogens (tertiary/aromatic N) is 1. The zero-order valence-electron chi connectivity index (χ0n) is 13.4. The van der Waals surface area contributed by atoms with Gasteiger partial charge in [0, 0.05) is 0 Å². The molecule has 1 aliphatic rings. The molecule has 1 saturated heterocycles. The summed E-state index contributed by atoms with van der Waals surface area (Å²) in [7, 11) is 0. The van der Waals surface area contributed by atoms with Crippen LogP contribution in [0, 0.1) is 6.92 Å². The van der Waals surface area contributed by atoms with Crippen LogP contribution in [0.1, 0.15) is 16.7 Å². The Morgan fingerprint density at radius 1 is 1.15 bits per heavy atom. The number of nitrogens with one attached hydrogen (secondary N) is 1. The van der Waals surface area contributed by atoms with Crippen LogP contribution in [0.2, 0.25) is 5.02 Å². The summed E-state index contributed by atoms with van der Waals surface area (Å²) in [5, 5.41) is 2.78. The van der Waals surface area contributed by atoms with Gasteiger partial charge in [0.15, 0.2) is 5.17 Å². The van der Waals surface area contributed by atoms with E-state index in [2.05, 4.69) is 10.3 Å². The Bertz CT molecular complexity index is 921. The smallest absolute Gasteiger partial charge is 0.300 e. The quantitative estimate of drug-likeness (QED) is 0.675. The van der Waals surface area contributed by atoms with E-state index in [9.17, 15) is 18.0 Å². The average molecular weight is 397 g/mol. The van der Waals surface area contributed by atoms with Gasteiger partial charge in [-0.25, -0.2) is 4.99 Å². The van der Waals surface area contributed by atoms with E-state index >= 15 is 0 Å². The van der Waals surface area contributed by atoms with Gasteiger partial charge in [-0.05, 0) is 48.5 Å². The molecule has 2 aromatic rings. The van der Waals surface area contributed by atoms with Crippen molar-refractivity contribution in [1.29, 1.82) is 0 Å². The third kappa shape index (κ3) is 4.28. The number of amides is 1. The highest BCUT2D eigenvalue weighted by molar-refractivity contribution is 8.18. The average Bonchev–Trinajstić information content (AvgIpc) is 2.90. The highest BCUT2D eigenvalue weighted by Crippen LogP contribution is 2.36. The predicted octanol–water partition coefficient (Wildman–Crippen LogP) is 5.56. The normalized spacial score (nSPS) is 17.8. The molecule has 0 saturated carbocycles. The number of carbonyl (C=O) groups is 1. The number of alkyl halides is 3. The maximum atomic E-state index is 12.8. The molecule has 0 unspecified atom stereocenters. The van der Waals surface area contributed by atoms with Gasteiger partial charge in [0.05, 0.1) is 21.2 Å². The van der Waals surface area contributed by atoms with Crippen molar-refractivity contribution in [3.63, 3.8) is 0 Å². The highest BCUT2D eigenvalue weighted by Gasteiger charge is 2.31. The molecule has 0 aromatic heterocycles. The van der Waals surface area contributed by atoms with E-state index in [0.717, 1.165) is 41.1 Å². The van der Waals surface area contributed by atoms with Crippen LogP contribution in [-0.2, 0) is 11.0 Å². The van der Waals surface area contributed by atoms with Crippen molar-refractivity contribution in [1.82, 2.24) is 5.32 Å². The van der Waals surface area contributed by atoms with Crippen molar-refractivity contribution in [2.45, 2.75) is 13.1 Å². The lowest BCUT2D eigenvalue weighted by atomic mass is 10.1. The number of rotatable bonds is 2. The van der Waals surface area contributed by atoms with E-state index in [1.807, 2.05) is 31.2 Å². The number of hydrogen-bond acceptors (Lipinski definition) is 3. The molecule has 0 atom stereocenters. The first-order valence-corrected chi connectivity index (χ1v) is 8.65. The van der Waals surface area contributed by atoms with Gasteiger partial charge < -0.3 is 5.32 Å². The number of aryl methyl sites for hydroxylation is 1. The molecule has 0 aliphatic carbocycles. The molecule has 134 valence electrons. The Labute approximate surface area is 157 Å². The minimum atomic E-state index is -4.50. The minimum Gasteiger partial charge on any atom is -0.300 e. The van der Waals surface area contributed by atoms with Gasteiger partial charge in [-0.3, -0.25) is 4.79 Å². The standard InChI is InChI=1S/C18H12ClF3N2OS/c1-10-2-4-11(5-3-10)8-15-16(25)24-17(26-15)23-14-9-12(18(20,21)22)6-7-13(14)19/h2-9H,1H3,(H,23,24,25)/b15-8-. The van der Waals surface area contributed by atoms with E-state index in [0.29, 0.717) is 4.91 Å². The second-order valence-electron chi connectivity index (χ2n) is 5.56. The van der Waals surface area contributed by atoms with Gasteiger partial charge in [-0.15, -0.1) is 0 Å². The highest BCUT2D eigenvalue weighted by atomic mass is 35.5. The molecule has 0 bridgehead atoms. The largest absolute Gasteiger partial charge is 0.416 e. The van der Waals surface area contributed by atoms with Crippen LogP contribution in [0.4, 0.5) is 18.9 Å². The molecule has 3 rings (SSSR count). The first-order chi connectivity index (χ1) is 12.2. The van der Waals surface area contributed by atoms with Gasteiger partial charge in [-0.2, -0.15) is 13.2 Å². The van der Waals surface area contributed by atoms with Crippen molar-refractivity contribution in [3.8, 4) is 0 Å². The monoisotopic (exact) mass is 396 g/mol. The first-order valence-electron chi connectivity index (χ1n) is 7.45. The van der Waals surface area contributed by atoms with Crippen LogP contribution in [0.25, 0.3) is 6.08 Å². The summed E-state index contributed by atoms with van der Waals surface area (Å²) in [6.07, 6.45) is -2.81. The molecular formula is C18H12ClF3N2OS. The molecule has 1 aliphatic heterocycles. The Morgan fingerprint density at radius 2 is 1.85 bits per heavy atom. The molecule has 1 amide bonds. The number of carbonyl (C=O) groups excluding carboxylic acids is 1. The summed E-state index contributed by atoms with van der Waals surface area (Å²) in [6, 6.07) is 10.4. The number of aliphatic imine (C=N–C) groups is 1. The number of benzene rings is 2. The zero-order chi connectivity index (χ0) is 18.9. The number of hydrogen-bond donors (Lipinski definition) is 1. The van der Waals surface area contributed by atoms with E-state index in [-0.39, 0.29) is 21.8 Å². The van der Waals surface area contributed by atoms with Crippen molar-refractivity contribution < 1.29 is 18.0 Å². The van der Waals surface area contributed by atoms with E-state index in [1.165, 1.54) is 0 Å². The van der Waals surface area contributed by atoms with Gasteiger partial charge in [0.25, 0.3) is 5.91 Å². The summed E-state index contributed by atoms with van der Waals surface area (Å²) in [5.41, 5.74) is 1.02. The second kappa shape index (κ2) is 7.17. The fraction of sp³-hybridized carbons (Fsp3) is 0.111. The van der Waals surface area contributed by atoms with Crippen LogP contribution >= 0.6 is 23.4 Å². The van der Waals surface area contributed by atoms with Gasteiger partial charge in [0.1, 0.15) is 0 Å². The fourth-order valence-corrected chi connectivity index (χ4v) is 3.17. The van der Waals surface area contributed by atoms with Gasteiger partial charge >= 0.3 is 6.18 Å². The lowest BCUT2D eigenvalue weighted by molar-refractivity contribution is -0.137. The molecule has 1 N–H and O–H groups in total. The molecule has 0 spiro atoms. The fourth-order valence-electron chi connectivity index (χ4n) is 2.18. The molecule has 1 fully saturated rings. The molecule has 2 aromatic carbocycles. The summed E-state index contributed by atoms with van der Waals surface area (Å²) >= 11 is 6.98. The zero-order valence-corrected chi connectivity index (χ0v) is 15.0. The Morgan fingerprint density at radius 3 is 2.50 bits per heavy atom. The van der Waals surface area contributed by atoms with Crippen LogP contribution in [-0.4, -0.2) is 11.1 Å². The van der Waals surface area contributed by atoms with Gasteiger partial charge in [0.2, 0.25) is 0 Å². The Balaban J connectivity index is 1.88. The summed E-state index contributed by atoms with van der Waals surface area (Å²) in [6.45, 7) is 1.96. The molecule has 3 nitrogen and oxygen atoms in total. The van der Waals surface area contributed by atoms with Crippen molar-refractivity contribution >= 4 is 46.2 Å². The third-order valence-corrected chi connectivity index (χ3v) is 4.75. The summed E-state index contributed by atoms with van der Waals surface area (Å²) in [5.74, 6) is -0.363. The topological polar surface area (TPSA) is 41.5 Å². The maximum absolute atomic E-state index is 12.8. The van der Waals surface area contributed by atoms with Gasteiger partial charge in [-0.1, -0.05) is 41.4 Å². The van der Waals surface area contributed by atoms with E-state index < -0.39 is 11.7 Å². The summed E-state index contributed by atoms with van der Waals surface area (Å²) in [4.78, 5) is 16.5. The number of halogens is 4. The van der Waals surface area contributed by atoms with Crippen molar-refractivity contribution in [3.05, 3.63) is 69.1 Å². The van der Waals surface area contributed by atoms with Crippen LogP contribution in [0.5, 0.6) is 0 Å².